The van der Waals surface area contributed by atoms with Crippen molar-refractivity contribution in [2.45, 2.75) is 19.0 Å². The molecule has 6 nitrogen and oxygen atoms in total. The number of hydrogen-bond acceptors (Lipinski definition) is 6. The highest BCUT2D eigenvalue weighted by atomic mass is 32.2. The standard InChI is InChI=1S/C16H19FN4O2S/c1-21(13-7-9-24(22,23)11-13)15-6-8-18-16(20-15)19-10-12-4-2-3-5-14(12)17/h2-6,8,13H,7,9-11H2,1H3,(H,18,19,20). The first-order chi connectivity index (χ1) is 11.4. The van der Waals surface area contributed by atoms with Gasteiger partial charge in [-0.3, -0.25) is 0 Å². The lowest BCUT2D eigenvalue weighted by molar-refractivity contribution is 0.600. The summed E-state index contributed by atoms with van der Waals surface area (Å²) >= 11 is 0. The number of nitrogens with one attached hydrogen (secondary N) is 1. The maximum absolute atomic E-state index is 13.6. The number of benzene rings is 1. The summed E-state index contributed by atoms with van der Waals surface area (Å²) in [4.78, 5) is 10.4. The molecule has 1 aliphatic rings. The molecule has 1 aromatic heterocycles. The minimum Gasteiger partial charge on any atom is -0.355 e. The SMILES string of the molecule is CN(c1ccnc(NCc2ccccc2F)n1)C1CCS(=O)(=O)C1. The van der Waals surface area contributed by atoms with Crippen LogP contribution in [0.2, 0.25) is 0 Å². The molecule has 1 saturated heterocycles. The fourth-order valence-electron chi connectivity index (χ4n) is 2.71. The van der Waals surface area contributed by atoms with Crippen LogP contribution in [0.3, 0.4) is 0 Å². The molecular formula is C16H19FN4O2S. The fourth-order valence-corrected chi connectivity index (χ4v) is 4.49. The molecule has 24 heavy (non-hydrogen) atoms. The molecule has 1 fully saturated rings. The molecule has 2 aromatic rings. The Morgan fingerprint density at radius 3 is 2.83 bits per heavy atom. The smallest absolute Gasteiger partial charge is 0.224 e. The van der Waals surface area contributed by atoms with Crippen LogP contribution in [0, 0.1) is 5.82 Å². The second-order valence-electron chi connectivity index (χ2n) is 5.85. The van der Waals surface area contributed by atoms with E-state index in [1.54, 1.807) is 30.5 Å². The van der Waals surface area contributed by atoms with Crippen LogP contribution >= 0.6 is 0 Å². The quantitative estimate of drug-likeness (QED) is 0.887. The van der Waals surface area contributed by atoms with E-state index in [2.05, 4.69) is 15.3 Å². The topological polar surface area (TPSA) is 75.2 Å². The molecule has 0 spiro atoms. The van der Waals surface area contributed by atoms with Crippen LogP contribution in [0.15, 0.2) is 36.5 Å². The first-order valence-electron chi connectivity index (χ1n) is 7.68. The van der Waals surface area contributed by atoms with Crippen molar-refractivity contribution < 1.29 is 12.8 Å². The summed E-state index contributed by atoms with van der Waals surface area (Å²) < 4.78 is 36.9. The van der Waals surface area contributed by atoms with Crippen LogP contribution in [0.25, 0.3) is 0 Å². The van der Waals surface area contributed by atoms with Crippen LogP contribution in [0.5, 0.6) is 0 Å². The minimum absolute atomic E-state index is 0.0793. The average Bonchev–Trinajstić information content (AvgIpc) is 2.94. The number of hydrogen-bond donors (Lipinski definition) is 1. The zero-order valence-electron chi connectivity index (χ0n) is 13.3. The Bertz CT molecular complexity index is 828. The van der Waals surface area contributed by atoms with Crippen molar-refractivity contribution in [1.29, 1.82) is 0 Å². The monoisotopic (exact) mass is 350 g/mol. The van der Waals surface area contributed by atoms with Gasteiger partial charge in [-0.05, 0) is 18.6 Å². The third-order valence-electron chi connectivity index (χ3n) is 4.15. The van der Waals surface area contributed by atoms with Crippen molar-refractivity contribution in [3.8, 4) is 0 Å². The van der Waals surface area contributed by atoms with Gasteiger partial charge >= 0.3 is 0 Å². The predicted molar refractivity (Wildman–Crippen MR) is 91.2 cm³/mol. The van der Waals surface area contributed by atoms with Crippen molar-refractivity contribution in [2.24, 2.45) is 0 Å². The molecule has 1 unspecified atom stereocenters. The Labute approximate surface area is 140 Å². The molecule has 1 atom stereocenters. The summed E-state index contributed by atoms with van der Waals surface area (Å²) in [6.45, 7) is 0.275. The third kappa shape index (κ3) is 3.81. The van der Waals surface area contributed by atoms with E-state index in [1.807, 2.05) is 11.9 Å². The van der Waals surface area contributed by atoms with Gasteiger partial charge in [0.2, 0.25) is 5.95 Å². The molecule has 3 rings (SSSR count). The fraction of sp³-hybridized carbons (Fsp3) is 0.375. The van der Waals surface area contributed by atoms with Crippen molar-refractivity contribution in [3.63, 3.8) is 0 Å². The summed E-state index contributed by atoms with van der Waals surface area (Å²) in [5, 5.41) is 3.00. The molecule has 1 N–H and O–H groups in total. The zero-order valence-corrected chi connectivity index (χ0v) is 14.1. The van der Waals surface area contributed by atoms with Gasteiger partial charge in [0.05, 0.1) is 11.5 Å². The summed E-state index contributed by atoms with van der Waals surface area (Å²) in [6, 6.07) is 8.17. The van der Waals surface area contributed by atoms with Crippen LogP contribution < -0.4 is 10.2 Å². The van der Waals surface area contributed by atoms with Gasteiger partial charge in [0.15, 0.2) is 9.84 Å². The van der Waals surface area contributed by atoms with Crippen molar-refractivity contribution in [3.05, 3.63) is 47.9 Å². The summed E-state index contributed by atoms with van der Waals surface area (Å²) in [5.74, 6) is 1.10. The van der Waals surface area contributed by atoms with E-state index in [4.69, 9.17) is 0 Å². The van der Waals surface area contributed by atoms with Gasteiger partial charge in [-0.15, -0.1) is 0 Å². The summed E-state index contributed by atoms with van der Waals surface area (Å²) in [5.41, 5.74) is 0.529. The lowest BCUT2D eigenvalue weighted by Gasteiger charge is -2.24. The van der Waals surface area contributed by atoms with E-state index < -0.39 is 9.84 Å². The summed E-state index contributed by atoms with van der Waals surface area (Å²) in [7, 11) is -1.12. The highest BCUT2D eigenvalue weighted by molar-refractivity contribution is 7.91. The van der Waals surface area contributed by atoms with E-state index in [1.165, 1.54) is 6.07 Å². The van der Waals surface area contributed by atoms with Crippen molar-refractivity contribution in [1.82, 2.24) is 9.97 Å². The molecule has 0 amide bonds. The Hall–Kier alpha value is -2.22. The Morgan fingerprint density at radius 2 is 2.12 bits per heavy atom. The molecule has 1 aliphatic heterocycles. The molecule has 128 valence electrons. The number of halogens is 1. The molecule has 0 bridgehead atoms. The van der Waals surface area contributed by atoms with Crippen molar-refractivity contribution >= 4 is 21.6 Å². The minimum atomic E-state index is -2.95. The lowest BCUT2D eigenvalue weighted by Crippen LogP contribution is -2.33. The van der Waals surface area contributed by atoms with E-state index >= 15 is 0 Å². The van der Waals surface area contributed by atoms with Gasteiger partial charge in [0.25, 0.3) is 0 Å². The van der Waals surface area contributed by atoms with Gasteiger partial charge in [-0.25, -0.2) is 17.8 Å². The molecule has 0 radical (unpaired) electrons. The second kappa shape index (κ2) is 6.72. The van der Waals surface area contributed by atoms with Crippen molar-refractivity contribution in [2.75, 3.05) is 28.8 Å². The molecule has 2 heterocycles. The van der Waals surface area contributed by atoms with Crippen LogP contribution in [0.1, 0.15) is 12.0 Å². The van der Waals surface area contributed by atoms with Gasteiger partial charge in [0.1, 0.15) is 11.6 Å². The largest absolute Gasteiger partial charge is 0.355 e. The molecule has 8 heteroatoms. The average molecular weight is 350 g/mol. The normalized spacial score (nSPS) is 19.2. The van der Waals surface area contributed by atoms with E-state index in [0.29, 0.717) is 23.8 Å². The summed E-state index contributed by atoms with van der Waals surface area (Å²) in [6.07, 6.45) is 2.20. The van der Waals surface area contributed by atoms with E-state index in [-0.39, 0.29) is 29.9 Å². The Kier molecular flexibility index (Phi) is 4.66. The maximum atomic E-state index is 13.6. The van der Waals surface area contributed by atoms with E-state index in [0.717, 1.165) is 0 Å². The van der Waals surface area contributed by atoms with Crippen LogP contribution in [-0.4, -0.2) is 43.0 Å². The first kappa shape index (κ1) is 16.6. The first-order valence-corrected chi connectivity index (χ1v) is 9.50. The van der Waals surface area contributed by atoms with Crippen LogP contribution in [0.4, 0.5) is 16.2 Å². The number of rotatable bonds is 5. The Balaban J connectivity index is 1.69. The highest BCUT2D eigenvalue weighted by Crippen LogP contribution is 2.22. The lowest BCUT2D eigenvalue weighted by atomic mass is 10.2. The molecule has 0 saturated carbocycles. The number of anilines is 2. The van der Waals surface area contributed by atoms with Gasteiger partial charge in [-0.2, -0.15) is 4.98 Å². The highest BCUT2D eigenvalue weighted by Gasteiger charge is 2.31. The van der Waals surface area contributed by atoms with Gasteiger partial charge < -0.3 is 10.2 Å². The maximum Gasteiger partial charge on any atom is 0.224 e. The van der Waals surface area contributed by atoms with Gasteiger partial charge in [-0.1, -0.05) is 18.2 Å². The number of aromatic nitrogens is 2. The Morgan fingerprint density at radius 1 is 1.33 bits per heavy atom. The molecular weight excluding hydrogens is 331 g/mol. The zero-order chi connectivity index (χ0) is 17.2. The molecule has 0 aliphatic carbocycles. The number of sulfone groups is 1. The van der Waals surface area contributed by atoms with Crippen LogP contribution in [-0.2, 0) is 16.4 Å². The third-order valence-corrected chi connectivity index (χ3v) is 5.90. The number of nitrogens with zero attached hydrogens (tertiary/aromatic N) is 3. The predicted octanol–water partition coefficient (Wildman–Crippen LogP) is 1.85. The van der Waals surface area contributed by atoms with Gasteiger partial charge in [0, 0.05) is 31.4 Å². The molecule has 1 aromatic carbocycles. The second-order valence-corrected chi connectivity index (χ2v) is 8.08. The van der Waals surface area contributed by atoms with E-state index in [9.17, 15) is 12.8 Å².